The molecule has 0 N–H and O–H groups in total. The topological polar surface area (TPSA) is 43.4 Å². The van der Waals surface area contributed by atoms with Crippen molar-refractivity contribution in [2.75, 3.05) is 19.0 Å². The fourth-order valence-corrected chi connectivity index (χ4v) is 2.59. The van der Waals surface area contributed by atoms with Gasteiger partial charge in [0.2, 0.25) is 0 Å². The van der Waals surface area contributed by atoms with Gasteiger partial charge in [0, 0.05) is 13.2 Å². The zero-order valence-corrected chi connectivity index (χ0v) is 9.97. The van der Waals surface area contributed by atoms with Crippen LogP contribution >= 0.6 is 0 Å². The summed E-state index contributed by atoms with van der Waals surface area (Å²) in [5.41, 5.74) is 0. The molecular weight excluding hydrogens is 231 g/mol. The normalized spacial score (nSPS) is 11.6. The molecule has 0 amide bonds. The molecule has 0 aromatic heterocycles. The van der Waals surface area contributed by atoms with Crippen molar-refractivity contribution >= 4 is 9.84 Å². The van der Waals surface area contributed by atoms with Crippen LogP contribution in [0.3, 0.4) is 0 Å². The van der Waals surface area contributed by atoms with E-state index in [1.54, 1.807) is 0 Å². The molecule has 1 rings (SSSR count). The lowest BCUT2D eigenvalue weighted by Gasteiger charge is -2.04. The first-order valence-electron chi connectivity index (χ1n) is 5.12. The van der Waals surface area contributed by atoms with E-state index in [9.17, 15) is 12.8 Å². The highest BCUT2D eigenvalue weighted by atomic mass is 32.2. The fraction of sp³-hybridized carbons (Fsp3) is 0.455. The summed E-state index contributed by atoms with van der Waals surface area (Å²) in [6, 6.07) is 5.05. The third kappa shape index (κ3) is 3.90. The molecule has 0 atom stereocenters. The lowest BCUT2D eigenvalue weighted by atomic mass is 10.4. The second-order valence-corrected chi connectivity index (χ2v) is 5.44. The predicted molar refractivity (Wildman–Crippen MR) is 59.6 cm³/mol. The first kappa shape index (κ1) is 13.1. The highest BCUT2D eigenvalue weighted by Gasteiger charge is 2.14. The molecule has 90 valence electrons. The standard InChI is InChI=1S/C11H15FO3S/c1-2-15-7-4-8-16(13,14)11-6-3-5-10(12)9-11/h3,5-6,9H,2,4,7-8H2,1H3. The van der Waals surface area contributed by atoms with Crippen molar-refractivity contribution in [2.24, 2.45) is 0 Å². The molecule has 0 aliphatic heterocycles. The monoisotopic (exact) mass is 246 g/mol. The van der Waals surface area contributed by atoms with Crippen LogP contribution < -0.4 is 0 Å². The van der Waals surface area contributed by atoms with Gasteiger partial charge in [-0.3, -0.25) is 0 Å². The molecule has 0 unspecified atom stereocenters. The molecular formula is C11H15FO3S. The lowest BCUT2D eigenvalue weighted by molar-refractivity contribution is 0.148. The number of benzene rings is 1. The second-order valence-electron chi connectivity index (χ2n) is 3.33. The Morgan fingerprint density at radius 2 is 2.12 bits per heavy atom. The van der Waals surface area contributed by atoms with Gasteiger partial charge < -0.3 is 4.74 Å². The van der Waals surface area contributed by atoms with Crippen LogP contribution in [0.5, 0.6) is 0 Å². The fourth-order valence-electron chi connectivity index (χ4n) is 1.27. The Morgan fingerprint density at radius 1 is 1.38 bits per heavy atom. The molecule has 0 bridgehead atoms. The summed E-state index contributed by atoms with van der Waals surface area (Å²) >= 11 is 0. The zero-order chi connectivity index (χ0) is 12.0. The van der Waals surface area contributed by atoms with Crippen molar-refractivity contribution in [3.05, 3.63) is 30.1 Å². The maximum absolute atomic E-state index is 12.9. The molecule has 0 radical (unpaired) electrons. The maximum Gasteiger partial charge on any atom is 0.178 e. The van der Waals surface area contributed by atoms with Crippen LogP contribution in [0.1, 0.15) is 13.3 Å². The molecule has 0 spiro atoms. The molecule has 0 heterocycles. The van der Waals surface area contributed by atoms with Gasteiger partial charge in [-0.1, -0.05) is 6.07 Å². The van der Waals surface area contributed by atoms with Crippen molar-refractivity contribution in [1.29, 1.82) is 0 Å². The van der Waals surface area contributed by atoms with Crippen molar-refractivity contribution in [2.45, 2.75) is 18.2 Å². The van der Waals surface area contributed by atoms with E-state index in [4.69, 9.17) is 4.74 Å². The minimum atomic E-state index is -3.38. The quantitative estimate of drug-likeness (QED) is 0.721. The molecule has 0 aliphatic rings. The van der Waals surface area contributed by atoms with Gasteiger partial charge in [-0.05, 0) is 31.5 Å². The van der Waals surface area contributed by atoms with Gasteiger partial charge in [0.05, 0.1) is 10.6 Å². The number of sulfone groups is 1. The summed E-state index contributed by atoms with van der Waals surface area (Å²) < 4.78 is 41.4. The SMILES string of the molecule is CCOCCCS(=O)(=O)c1cccc(F)c1. The van der Waals surface area contributed by atoms with Gasteiger partial charge in [-0.15, -0.1) is 0 Å². The van der Waals surface area contributed by atoms with E-state index in [2.05, 4.69) is 0 Å². The molecule has 3 nitrogen and oxygen atoms in total. The number of hydrogen-bond acceptors (Lipinski definition) is 3. The Bertz CT molecular complexity index is 429. The van der Waals surface area contributed by atoms with E-state index in [0.717, 1.165) is 6.07 Å². The Labute approximate surface area is 95.2 Å². The Hall–Kier alpha value is -0.940. The summed E-state index contributed by atoms with van der Waals surface area (Å²) in [4.78, 5) is 0.0315. The summed E-state index contributed by atoms with van der Waals surface area (Å²) in [6.07, 6.45) is 0.423. The van der Waals surface area contributed by atoms with Gasteiger partial charge in [0.1, 0.15) is 5.82 Å². The molecule has 0 fully saturated rings. The van der Waals surface area contributed by atoms with Crippen LogP contribution in [0.2, 0.25) is 0 Å². The van der Waals surface area contributed by atoms with Gasteiger partial charge >= 0.3 is 0 Å². The van der Waals surface area contributed by atoms with Gasteiger partial charge in [-0.25, -0.2) is 12.8 Å². The molecule has 0 aliphatic carbocycles. The average molecular weight is 246 g/mol. The summed E-state index contributed by atoms with van der Waals surface area (Å²) in [5.74, 6) is -0.554. The highest BCUT2D eigenvalue weighted by molar-refractivity contribution is 7.91. The van der Waals surface area contributed by atoms with Crippen LogP contribution in [-0.2, 0) is 14.6 Å². The third-order valence-corrected chi connectivity index (χ3v) is 3.86. The Kier molecular flexibility index (Phi) is 4.89. The Morgan fingerprint density at radius 3 is 2.75 bits per heavy atom. The summed E-state index contributed by atoms with van der Waals surface area (Å²) in [6.45, 7) is 2.83. The van der Waals surface area contributed by atoms with E-state index in [1.807, 2.05) is 6.92 Å². The van der Waals surface area contributed by atoms with Crippen molar-refractivity contribution < 1.29 is 17.5 Å². The van der Waals surface area contributed by atoms with Gasteiger partial charge in [-0.2, -0.15) is 0 Å². The molecule has 16 heavy (non-hydrogen) atoms. The first-order valence-corrected chi connectivity index (χ1v) is 6.77. The molecule has 1 aromatic rings. The van der Waals surface area contributed by atoms with Crippen LogP contribution in [0.15, 0.2) is 29.2 Å². The minimum absolute atomic E-state index is 0.0174. The van der Waals surface area contributed by atoms with E-state index >= 15 is 0 Å². The van der Waals surface area contributed by atoms with Crippen molar-refractivity contribution in [3.63, 3.8) is 0 Å². The van der Waals surface area contributed by atoms with Crippen LogP contribution in [0.25, 0.3) is 0 Å². The van der Waals surface area contributed by atoms with Crippen LogP contribution in [-0.4, -0.2) is 27.4 Å². The van der Waals surface area contributed by atoms with Crippen molar-refractivity contribution in [1.82, 2.24) is 0 Å². The lowest BCUT2D eigenvalue weighted by Crippen LogP contribution is -2.09. The molecule has 0 saturated carbocycles. The number of rotatable bonds is 6. The van der Waals surface area contributed by atoms with Gasteiger partial charge in [0.25, 0.3) is 0 Å². The van der Waals surface area contributed by atoms with E-state index in [1.165, 1.54) is 18.2 Å². The van der Waals surface area contributed by atoms with E-state index in [-0.39, 0.29) is 10.6 Å². The number of halogens is 1. The van der Waals surface area contributed by atoms with Gasteiger partial charge in [0.15, 0.2) is 9.84 Å². The van der Waals surface area contributed by atoms with E-state index < -0.39 is 15.7 Å². The highest BCUT2D eigenvalue weighted by Crippen LogP contribution is 2.13. The van der Waals surface area contributed by atoms with Crippen molar-refractivity contribution in [3.8, 4) is 0 Å². The maximum atomic E-state index is 12.9. The summed E-state index contributed by atoms with van der Waals surface area (Å²) in [5, 5.41) is 0. The number of hydrogen-bond donors (Lipinski definition) is 0. The minimum Gasteiger partial charge on any atom is -0.382 e. The summed E-state index contributed by atoms with van der Waals surface area (Å²) in [7, 11) is -3.38. The third-order valence-electron chi connectivity index (χ3n) is 2.06. The molecule has 5 heteroatoms. The first-order chi connectivity index (χ1) is 7.56. The second kappa shape index (κ2) is 5.96. The predicted octanol–water partition coefficient (Wildman–Crippen LogP) is 2.03. The zero-order valence-electron chi connectivity index (χ0n) is 9.15. The molecule has 0 saturated heterocycles. The number of ether oxygens (including phenoxy) is 1. The smallest absolute Gasteiger partial charge is 0.178 e. The van der Waals surface area contributed by atoms with E-state index in [0.29, 0.717) is 19.6 Å². The van der Waals surface area contributed by atoms with Crippen LogP contribution in [0.4, 0.5) is 4.39 Å². The molecule has 1 aromatic carbocycles. The van der Waals surface area contributed by atoms with Crippen LogP contribution in [0, 0.1) is 5.82 Å². The Balaban J connectivity index is 2.64. The average Bonchev–Trinajstić information content (AvgIpc) is 2.24. The largest absolute Gasteiger partial charge is 0.382 e.